The van der Waals surface area contributed by atoms with Crippen molar-refractivity contribution in [2.24, 2.45) is 0 Å². The van der Waals surface area contributed by atoms with Gasteiger partial charge in [0.15, 0.2) is 5.69 Å². The fourth-order valence-electron chi connectivity index (χ4n) is 2.44. The molecule has 110 valence electrons. The minimum atomic E-state index is -0.505. The molecule has 0 amide bonds. The summed E-state index contributed by atoms with van der Waals surface area (Å²) in [5, 5.41) is 13.3. The zero-order valence-corrected chi connectivity index (χ0v) is 11.7. The van der Waals surface area contributed by atoms with Crippen LogP contribution in [0.5, 0.6) is 0 Å². The van der Waals surface area contributed by atoms with Crippen LogP contribution in [0.3, 0.4) is 0 Å². The van der Waals surface area contributed by atoms with Gasteiger partial charge in [-0.3, -0.25) is 0 Å². The summed E-state index contributed by atoms with van der Waals surface area (Å²) in [6.45, 7) is 0. The van der Waals surface area contributed by atoms with Gasteiger partial charge in [0.1, 0.15) is 5.82 Å². The number of esters is 1. The number of rotatable bonds is 3. The molecule has 0 bridgehead atoms. The van der Waals surface area contributed by atoms with Crippen LogP contribution in [0.4, 0.5) is 5.82 Å². The Morgan fingerprint density at radius 1 is 1.25 bits per heavy atom. The molecule has 0 spiro atoms. The van der Waals surface area contributed by atoms with Crippen LogP contribution in [-0.2, 0) is 4.74 Å². The van der Waals surface area contributed by atoms with Gasteiger partial charge in [0.25, 0.3) is 0 Å². The van der Waals surface area contributed by atoms with Crippen molar-refractivity contribution in [1.82, 2.24) is 9.97 Å². The average Bonchev–Trinajstić information content (AvgIpc) is 2.47. The van der Waals surface area contributed by atoms with E-state index in [9.17, 15) is 9.90 Å². The molecule has 0 aromatic carbocycles. The molecule has 2 rings (SSSR count). The molecule has 6 heteroatoms. The van der Waals surface area contributed by atoms with E-state index in [-0.39, 0.29) is 17.8 Å². The van der Waals surface area contributed by atoms with Crippen LogP contribution >= 0.6 is 0 Å². The summed E-state index contributed by atoms with van der Waals surface area (Å²) in [5.41, 5.74) is 0.177. The number of ether oxygens (including phenoxy) is 1. The fourth-order valence-corrected chi connectivity index (χ4v) is 2.44. The van der Waals surface area contributed by atoms with Gasteiger partial charge in [0, 0.05) is 0 Å². The molecule has 0 unspecified atom stereocenters. The maximum atomic E-state index is 11.3. The number of carbonyl (C=O) groups excluding carboxylic acids is 1. The summed E-state index contributed by atoms with van der Waals surface area (Å²) in [6.07, 6.45) is 8.80. The predicted octanol–water partition coefficient (Wildman–Crippen LogP) is 1.76. The van der Waals surface area contributed by atoms with Crippen molar-refractivity contribution in [2.45, 2.75) is 50.7 Å². The zero-order chi connectivity index (χ0) is 14.4. The van der Waals surface area contributed by atoms with Crippen LogP contribution in [-0.4, -0.2) is 40.3 Å². The minimum absolute atomic E-state index is 0.00595. The van der Waals surface area contributed by atoms with E-state index in [1.54, 1.807) is 0 Å². The van der Waals surface area contributed by atoms with Crippen molar-refractivity contribution < 1.29 is 14.6 Å². The molecule has 0 saturated heterocycles. The third-order valence-corrected chi connectivity index (χ3v) is 3.61. The first-order valence-corrected chi connectivity index (χ1v) is 7.05. The molecule has 0 aliphatic heterocycles. The highest BCUT2D eigenvalue weighted by molar-refractivity contribution is 5.86. The van der Waals surface area contributed by atoms with Crippen LogP contribution in [0.1, 0.15) is 49.0 Å². The first-order chi connectivity index (χ1) is 9.70. The summed E-state index contributed by atoms with van der Waals surface area (Å²) in [4.78, 5) is 19.4. The molecule has 20 heavy (non-hydrogen) atoms. The van der Waals surface area contributed by atoms with Crippen molar-refractivity contribution in [1.29, 1.82) is 0 Å². The summed E-state index contributed by atoms with van der Waals surface area (Å²) in [7, 11) is 1.31. The SMILES string of the molecule is COC(=O)c1cnc(N[C@H]2CCCCCC[C@@H]2O)cn1. The minimum Gasteiger partial charge on any atom is -0.464 e. The zero-order valence-electron chi connectivity index (χ0n) is 11.7. The molecule has 0 radical (unpaired) electrons. The number of anilines is 1. The van der Waals surface area contributed by atoms with Gasteiger partial charge in [-0.2, -0.15) is 0 Å². The lowest BCUT2D eigenvalue weighted by Crippen LogP contribution is -2.34. The number of methoxy groups -OCH3 is 1. The van der Waals surface area contributed by atoms with Crippen LogP contribution in [0.15, 0.2) is 12.4 Å². The van der Waals surface area contributed by atoms with E-state index >= 15 is 0 Å². The van der Waals surface area contributed by atoms with Gasteiger partial charge in [-0.25, -0.2) is 14.8 Å². The summed E-state index contributed by atoms with van der Waals surface area (Å²) >= 11 is 0. The van der Waals surface area contributed by atoms with Gasteiger partial charge in [0.2, 0.25) is 0 Å². The monoisotopic (exact) mass is 279 g/mol. The Labute approximate surface area is 118 Å². The lowest BCUT2D eigenvalue weighted by atomic mass is 9.94. The van der Waals surface area contributed by atoms with Gasteiger partial charge in [-0.1, -0.05) is 25.7 Å². The predicted molar refractivity (Wildman–Crippen MR) is 74.5 cm³/mol. The number of aliphatic hydroxyl groups is 1. The number of nitrogens with zero attached hydrogens (tertiary/aromatic N) is 2. The summed E-state index contributed by atoms with van der Waals surface area (Å²) in [6, 6.07) is -0.00595. The molecular weight excluding hydrogens is 258 g/mol. The van der Waals surface area contributed by atoms with Gasteiger partial charge >= 0.3 is 5.97 Å². The van der Waals surface area contributed by atoms with E-state index in [0.29, 0.717) is 5.82 Å². The van der Waals surface area contributed by atoms with E-state index in [1.807, 2.05) is 0 Å². The van der Waals surface area contributed by atoms with E-state index in [4.69, 9.17) is 0 Å². The standard InChI is InChI=1S/C14H21N3O3/c1-20-14(19)11-8-16-13(9-15-11)17-10-6-4-2-3-5-7-12(10)18/h8-10,12,18H,2-7H2,1H3,(H,16,17)/t10-,12-/m0/s1. The maximum Gasteiger partial charge on any atom is 0.358 e. The molecule has 1 aromatic heterocycles. The normalized spacial score (nSPS) is 23.5. The lowest BCUT2D eigenvalue weighted by Gasteiger charge is -2.26. The Balaban J connectivity index is 1.98. The van der Waals surface area contributed by atoms with Gasteiger partial charge in [-0.15, -0.1) is 0 Å². The number of hydrogen-bond acceptors (Lipinski definition) is 6. The quantitative estimate of drug-likeness (QED) is 0.820. The van der Waals surface area contributed by atoms with Crippen LogP contribution < -0.4 is 5.32 Å². The summed E-state index contributed by atoms with van der Waals surface area (Å²) in [5.74, 6) is 0.0670. The van der Waals surface area contributed by atoms with Crippen molar-refractivity contribution in [2.75, 3.05) is 12.4 Å². The smallest absolute Gasteiger partial charge is 0.358 e. The van der Waals surface area contributed by atoms with E-state index in [0.717, 1.165) is 25.7 Å². The van der Waals surface area contributed by atoms with E-state index in [2.05, 4.69) is 20.0 Å². The molecule has 2 atom stereocenters. The van der Waals surface area contributed by atoms with Crippen molar-refractivity contribution in [3.05, 3.63) is 18.1 Å². The molecule has 1 aromatic rings. The molecule has 1 saturated carbocycles. The highest BCUT2D eigenvalue weighted by Crippen LogP contribution is 2.20. The highest BCUT2D eigenvalue weighted by atomic mass is 16.5. The van der Waals surface area contributed by atoms with E-state index in [1.165, 1.54) is 32.3 Å². The summed E-state index contributed by atoms with van der Waals surface area (Å²) < 4.78 is 4.57. The van der Waals surface area contributed by atoms with Crippen molar-refractivity contribution in [3.63, 3.8) is 0 Å². The Kier molecular flexibility index (Phi) is 5.29. The number of nitrogens with one attached hydrogen (secondary N) is 1. The van der Waals surface area contributed by atoms with Crippen molar-refractivity contribution in [3.8, 4) is 0 Å². The fraction of sp³-hybridized carbons (Fsp3) is 0.643. The first kappa shape index (κ1) is 14.7. The Bertz CT molecular complexity index is 436. The van der Waals surface area contributed by atoms with Gasteiger partial charge in [-0.05, 0) is 12.8 Å². The number of hydrogen-bond donors (Lipinski definition) is 2. The number of carbonyl (C=O) groups is 1. The molecule has 1 aliphatic carbocycles. The molecule has 2 N–H and O–H groups in total. The Hall–Kier alpha value is -1.69. The lowest BCUT2D eigenvalue weighted by molar-refractivity contribution is 0.0593. The molecule has 1 fully saturated rings. The molecule has 6 nitrogen and oxygen atoms in total. The molecule has 1 aliphatic rings. The number of aromatic nitrogens is 2. The topological polar surface area (TPSA) is 84.3 Å². The second-order valence-electron chi connectivity index (χ2n) is 5.09. The second kappa shape index (κ2) is 7.19. The molecular formula is C14H21N3O3. The largest absolute Gasteiger partial charge is 0.464 e. The third kappa shape index (κ3) is 3.90. The Morgan fingerprint density at radius 3 is 2.65 bits per heavy atom. The second-order valence-corrected chi connectivity index (χ2v) is 5.09. The van der Waals surface area contributed by atoms with Crippen molar-refractivity contribution >= 4 is 11.8 Å². The average molecular weight is 279 g/mol. The first-order valence-electron chi connectivity index (χ1n) is 7.05. The van der Waals surface area contributed by atoms with Gasteiger partial charge < -0.3 is 15.2 Å². The highest BCUT2D eigenvalue weighted by Gasteiger charge is 2.21. The number of aliphatic hydroxyl groups excluding tert-OH is 1. The van der Waals surface area contributed by atoms with Crippen LogP contribution in [0.2, 0.25) is 0 Å². The third-order valence-electron chi connectivity index (χ3n) is 3.61. The van der Waals surface area contributed by atoms with Gasteiger partial charge in [0.05, 0.1) is 31.6 Å². The van der Waals surface area contributed by atoms with Crippen LogP contribution in [0.25, 0.3) is 0 Å². The van der Waals surface area contributed by atoms with E-state index < -0.39 is 5.97 Å². The molecule has 1 heterocycles. The van der Waals surface area contributed by atoms with Crippen LogP contribution in [0, 0.1) is 0 Å². The Morgan fingerprint density at radius 2 is 2.00 bits per heavy atom. The maximum absolute atomic E-state index is 11.3.